The van der Waals surface area contributed by atoms with E-state index in [0.29, 0.717) is 10.8 Å². The molecule has 0 bridgehead atoms. The van der Waals surface area contributed by atoms with Gasteiger partial charge in [-0.05, 0) is 79.9 Å². The second kappa shape index (κ2) is 8.73. The van der Waals surface area contributed by atoms with E-state index in [1.54, 1.807) is 0 Å². The summed E-state index contributed by atoms with van der Waals surface area (Å²) in [5.74, 6) is -2.09. The SMILES string of the molecule is O=C(CCC(=O)ON1C(=O)CCC1=O)Oc1c(I)cc(I)cc1I. The Morgan fingerprint density at radius 3 is 2.00 bits per heavy atom. The molecule has 1 fully saturated rings. The monoisotopic (exact) mass is 669 g/mol. The predicted octanol–water partition coefficient (Wildman–Crippen LogP) is 2.79. The first-order valence-electron chi connectivity index (χ1n) is 6.69. The molecule has 1 heterocycles. The van der Waals surface area contributed by atoms with Crippen LogP contribution in [0.1, 0.15) is 25.7 Å². The topological polar surface area (TPSA) is 90.0 Å². The summed E-state index contributed by atoms with van der Waals surface area (Å²) in [7, 11) is 0. The fourth-order valence-corrected chi connectivity index (χ4v) is 5.60. The number of amides is 2. The molecule has 2 amide bonds. The number of carbonyl (C=O) groups excluding carboxylic acids is 4. The highest BCUT2D eigenvalue weighted by atomic mass is 127. The summed E-state index contributed by atoms with van der Waals surface area (Å²) in [4.78, 5) is 50.9. The molecule has 0 radical (unpaired) electrons. The first-order chi connectivity index (χ1) is 11.3. The molecule has 10 heteroatoms. The van der Waals surface area contributed by atoms with E-state index in [9.17, 15) is 19.2 Å². The van der Waals surface area contributed by atoms with Gasteiger partial charge in [-0.2, -0.15) is 0 Å². The molecule has 2 rings (SSSR count). The van der Waals surface area contributed by atoms with Gasteiger partial charge in [0.1, 0.15) is 0 Å². The summed E-state index contributed by atoms with van der Waals surface area (Å²) in [5.41, 5.74) is 0. The number of esters is 1. The molecule has 1 aromatic carbocycles. The molecule has 0 saturated carbocycles. The molecule has 24 heavy (non-hydrogen) atoms. The van der Waals surface area contributed by atoms with Crippen molar-refractivity contribution in [3.63, 3.8) is 0 Å². The van der Waals surface area contributed by atoms with Gasteiger partial charge in [-0.15, -0.1) is 5.06 Å². The van der Waals surface area contributed by atoms with Crippen LogP contribution in [0.25, 0.3) is 0 Å². The first-order valence-corrected chi connectivity index (χ1v) is 9.93. The summed E-state index contributed by atoms with van der Waals surface area (Å²) in [6, 6.07) is 3.73. The number of carbonyl (C=O) groups is 4. The van der Waals surface area contributed by atoms with E-state index >= 15 is 0 Å². The van der Waals surface area contributed by atoms with Crippen LogP contribution in [0.4, 0.5) is 0 Å². The lowest BCUT2D eigenvalue weighted by Gasteiger charge is -2.12. The van der Waals surface area contributed by atoms with E-state index in [1.807, 2.05) is 12.1 Å². The van der Waals surface area contributed by atoms with Crippen molar-refractivity contribution in [2.75, 3.05) is 0 Å². The zero-order chi connectivity index (χ0) is 17.9. The average molecular weight is 669 g/mol. The number of hydroxylamine groups is 2. The molecular formula is C14H10I3NO6. The molecule has 0 atom stereocenters. The first kappa shape index (κ1) is 19.8. The molecular weight excluding hydrogens is 659 g/mol. The van der Waals surface area contributed by atoms with E-state index in [1.165, 1.54) is 0 Å². The quantitative estimate of drug-likeness (QED) is 0.208. The Labute approximate surface area is 178 Å². The van der Waals surface area contributed by atoms with Crippen LogP contribution in [0.3, 0.4) is 0 Å². The van der Waals surface area contributed by atoms with Gasteiger partial charge in [0.15, 0.2) is 5.75 Å². The highest BCUT2D eigenvalue weighted by Gasteiger charge is 2.32. The van der Waals surface area contributed by atoms with Crippen LogP contribution in [0.15, 0.2) is 12.1 Å². The van der Waals surface area contributed by atoms with Gasteiger partial charge in [0.05, 0.1) is 20.0 Å². The molecule has 0 unspecified atom stereocenters. The molecule has 7 nitrogen and oxygen atoms in total. The van der Waals surface area contributed by atoms with Crippen LogP contribution in [-0.4, -0.2) is 28.8 Å². The number of nitrogens with zero attached hydrogens (tertiary/aromatic N) is 1. The Balaban J connectivity index is 1.86. The fourth-order valence-electron chi connectivity index (χ4n) is 1.80. The molecule has 1 saturated heterocycles. The molecule has 0 spiro atoms. The van der Waals surface area contributed by atoms with E-state index < -0.39 is 23.8 Å². The lowest BCUT2D eigenvalue weighted by atomic mass is 10.3. The minimum atomic E-state index is -0.831. The van der Waals surface area contributed by atoms with Gasteiger partial charge in [0.2, 0.25) is 0 Å². The average Bonchev–Trinajstić information content (AvgIpc) is 2.80. The molecule has 1 aromatic rings. The number of benzene rings is 1. The maximum absolute atomic E-state index is 11.9. The van der Waals surface area contributed by atoms with Crippen molar-refractivity contribution in [1.82, 2.24) is 5.06 Å². The zero-order valence-electron chi connectivity index (χ0n) is 12.0. The van der Waals surface area contributed by atoms with E-state index in [0.717, 1.165) is 10.7 Å². The standard InChI is InChI=1S/C14H10I3NO6/c15-7-5-8(16)14(9(17)6-7)23-12(21)3-4-13(22)24-18-10(19)1-2-11(18)20/h5-6H,1-4H2. The van der Waals surface area contributed by atoms with Crippen molar-refractivity contribution in [2.24, 2.45) is 0 Å². The van der Waals surface area contributed by atoms with Gasteiger partial charge in [-0.25, -0.2) is 4.79 Å². The van der Waals surface area contributed by atoms with E-state index in [4.69, 9.17) is 4.74 Å². The van der Waals surface area contributed by atoms with Gasteiger partial charge >= 0.3 is 11.9 Å². The largest absolute Gasteiger partial charge is 0.424 e. The molecule has 128 valence electrons. The smallest absolute Gasteiger partial charge is 0.333 e. The van der Waals surface area contributed by atoms with Gasteiger partial charge in [-0.1, -0.05) is 0 Å². The van der Waals surface area contributed by atoms with E-state index in [2.05, 4.69) is 72.6 Å². The minimum Gasteiger partial charge on any atom is -0.424 e. The van der Waals surface area contributed by atoms with Crippen molar-refractivity contribution in [1.29, 1.82) is 0 Å². The van der Waals surface area contributed by atoms with Crippen molar-refractivity contribution >= 4 is 91.5 Å². The van der Waals surface area contributed by atoms with Crippen molar-refractivity contribution < 1.29 is 28.8 Å². The Hall–Kier alpha value is -0.510. The number of rotatable bonds is 5. The maximum Gasteiger partial charge on any atom is 0.333 e. The van der Waals surface area contributed by atoms with Gasteiger partial charge in [-0.3, -0.25) is 14.4 Å². The maximum atomic E-state index is 11.9. The number of imide groups is 1. The lowest BCUT2D eigenvalue weighted by molar-refractivity contribution is -0.197. The molecule has 0 aliphatic carbocycles. The molecule has 1 aliphatic rings. The second-order valence-corrected chi connectivity index (χ2v) is 8.29. The van der Waals surface area contributed by atoms with E-state index in [-0.39, 0.29) is 25.7 Å². The minimum absolute atomic E-state index is 0.0256. The number of halogens is 3. The van der Waals surface area contributed by atoms with Crippen LogP contribution >= 0.6 is 67.8 Å². The summed E-state index contributed by atoms with van der Waals surface area (Å²) >= 11 is 6.29. The lowest BCUT2D eigenvalue weighted by Crippen LogP contribution is -2.32. The Bertz CT molecular complexity index is 681. The fraction of sp³-hybridized carbons (Fsp3) is 0.286. The van der Waals surface area contributed by atoms with Gasteiger partial charge in [0, 0.05) is 16.4 Å². The van der Waals surface area contributed by atoms with Crippen LogP contribution in [0, 0.1) is 10.7 Å². The van der Waals surface area contributed by atoms with Crippen molar-refractivity contribution in [2.45, 2.75) is 25.7 Å². The number of ether oxygens (including phenoxy) is 1. The molecule has 0 N–H and O–H groups in total. The predicted molar refractivity (Wildman–Crippen MR) is 107 cm³/mol. The third-order valence-electron chi connectivity index (χ3n) is 2.91. The highest BCUT2D eigenvalue weighted by molar-refractivity contribution is 14.1. The third-order valence-corrected chi connectivity index (χ3v) is 5.14. The zero-order valence-corrected chi connectivity index (χ0v) is 18.5. The van der Waals surface area contributed by atoms with Crippen molar-refractivity contribution in [3.8, 4) is 5.75 Å². The summed E-state index contributed by atoms with van der Waals surface area (Å²) in [6.45, 7) is 0. The highest BCUT2D eigenvalue weighted by Crippen LogP contribution is 2.30. The van der Waals surface area contributed by atoms with Crippen LogP contribution < -0.4 is 4.74 Å². The Morgan fingerprint density at radius 2 is 1.46 bits per heavy atom. The Kier molecular flexibility index (Phi) is 7.21. The molecule has 0 aromatic heterocycles. The van der Waals surface area contributed by atoms with Crippen molar-refractivity contribution in [3.05, 3.63) is 22.8 Å². The van der Waals surface area contributed by atoms with Gasteiger partial charge < -0.3 is 9.57 Å². The van der Waals surface area contributed by atoms with Gasteiger partial charge in [0.25, 0.3) is 11.8 Å². The number of hydrogen-bond acceptors (Lipinski definition) is 6. The second-order valence-electron chi connectivity index (χ2n) is 4.72. The summed E-state index contributed by atoms with van der Waals surface area (Å²) < 4.78 is 7.87. The Morgan fingerprint density at radius 1 is 0.958 bits per heavy atom. The molecule has 1 aliphatic heterocycles. The van der Waals surface area contributed by atoms with Crippen LogP contribution in [0.5, 0.6) is 5.75 Å². The normalized spacial score (nSPS) is 14.0. The third kappa shape index (κ3) is 5.24. The summed E-state index contributed by atoms with van der Waals surface area (Å²) in [6.07, 6.45) is -0.448. The van der Waals surface area contributed by atoms with Crippen LogP contribution in [0.2, 0.25) is 0 Å². The van der Waals surface area contributed by atoms with Crippen LogP contribution in [-0.2, 0) is 24.0 Å². The number of hydrogen-bond donors (Lipinski definition) is 0. The summed E-state index contributed by atoms with van der Waals surface area (Å²) in [5, 5.41) is 0.457.